The fraction of sp³-hybridized carbons (Fsp3) is 0.694. The van der Waals surface area contributed by atoms with Gasteiger partial charge < -0.3 is 25.7 Å². The van der Waals surface area contributed by atoms with Crippen molar-refractivity contribution in [2.24, 2.45) is 17.8 Å². The first-order chi connectivity index (χ1) is 22.8. The van der Waals surface area contributed by atoms with Gasteiger partial charge in [-0.25, -0.2) is 0 Å². The number of nitrogens with one attached hydrogen (secondary N) is 2. The molecule has 268 valence electrons. The van der Waals surface area contributed by atoms with E-state index < -0.39 is 60.7 Å². The van der Waals surface area contributed by atoms with Crippen LogP contribution in [0.15, 0.2) is 30.3 Å². The van der Waals surface area contributed by atoms with Crippen molar-refractivity contribution in [3.63, 3.8) is 0 Å². The molecule has 2 aliphatic carbocycles. The van der Waals surface area contributed by atoms with Crippen LogP contribution in [0.4, 0.5) is 13.2 Å². The van der Waals surface area contributed by atoms with Gasteiger partial charge in [-0.05, 0) is 43.7 Å². The predicted octanol–water partition coefficient (Wildman–Crippen LogP) is 3.67. The van der Waals surface area contributed by atoms with E-state index in [1.165, 1.54) is 19.0 Å². The Balaban J connectivity index is 1.70. The van der Waals surface area contributed by atoms with Crippen LogP contribution in [-0.4, -0.2) is 102 Å². The highest BCUT2D eigenvalue weighted by Gasteiger charge is 2.36. The summed E-state index contributed by atoms with van der Waals surface area (Å²) in [5.74, 6) is 0.640. The summed E-state index contributed by atoms with van der Waals surface area (Å²) in [6.45, 7) is -1.08. The standard InChI is InChI=1S/C36H53F3N4O5/c1-4-11-29(35(48)41-30(21-26-14-9-6-10-15-26)33(46)31(44)22-27-16-17-27)40-34(47)28(20-25-12-7-5-8-13-25)23-32(45)43(3)19-18-42(2)24-36(37,38)39/h1,5,7-8,12-13,26-31,33,44,46H,6,9-11,14-24H2,2-3H3,(H,40,47)(H,41,48)/t28?,29-,30?,31?,33?/m0/s1. The molecule has 0 aliphatic heterocycles. The molecule has 0 radical (unpaired) electrons. The molecule has 2 saturated carbocycles. The maximum atomic E-state index is 13.7. The lowest BCUT2D eigenvalue weighted by atomic mass is 9.82. The summed E-state index contributed by atoms with van der Waals surface area (Å²) in [6.07, 6.45) is 7.13. The average molecular weight is 679 g/mol. The second-order valence-electron chi connectivity index (χ2n) is 13.8. The van der Waals surface area contributed by atoms with E-state index in [0.29, 0.717) is 24.7 Å². The number of carbonyl (C=O) groups excluding carboxylic acids is 3. The zero-order valence-corrected chi connectivity index (χ0v) is 28.3. The SMILES string of the molecule is C#CC[C@H](NC(=O)C(CC(=O)N(C)CCN(C)CC(F)(F)F)Cc1ccccc1)C(=O)NC(CC1CCCCC1)C(O)C(O)CC1CC1. The topological polar surface area (TPSA) is 122 Å². The number of amides is 3. The number of hydrogen-bond donors (Lipinski definition) is 4. The minimum Gasteiger partial charge on any atom is -0.390 e. The quantitative estimate of drug-likeness (QED) is 0.166. The smallest absolute Gasteiger partial charge is 0.390 e. The molecule has 9 nitrogen and oxygen atoms in total. The van der Waals surface area contributed by atoms with Gasteiger partial charge in [0.25, 0.3) is 0 Å². The van der Waals surface area contributed by atoms with E-state index in [2.05, 4.69) is 16.6 Å². The highest BCUT2D eigenvalue weighted by atomic mass is 19.4. The molecule has 0 saturated heterocycles. The Bertz CT molecular complexity index is 1200. The Labute approximate surface area is 283 Å². The molecule has 4 unspecified atom stereocenters. The molecular weight excluding hydrogens is 625 g/mol. The van der Waals surface area contributed by atoms with Crippen molar-refractivity contribution < 1.29 is 37.8 Å². The van der Waals surface area contributed by atoms with E-state index in [-0.39, 0.29) is 32.4 Å². The molecule has 0 bridgehead atoms. The number of alkyl halides is 3. The highest BCUT2D eigenvalue weighted by Crippen LogP contribution is 2.35. The number of nitrogens with zero attached hydrogens (tertiary/aromatic N) is 2. The third-order valence-corrected chi connectivity index (χ3v) is 9.48. The van der Waals surface area contributed by atoms with Gasteiger partial charge in [0, 0.05) is 33.0 Å². The lowest BCUT2D eigenvalue weighted by Crippen LogP contribution is -2.56. The van der Waals surface area contributed by atoms with E-state index in [1.54, 1.807) is 12.1 Å². The van der Waals surface area contributed by atoms with Crippen molar-refractivity contribution in [2.75, 3.05) is 33.7 Å². The van der Waals surface area contributed by atoms with Gasteiger partial charge in [0.05, 0.1) is 24.6 Å². The van der Waals surface area contributed by atoms with Crippen LogP contribution in [0.1, 0.15) is 76.2 Å². The van der Waals surface area contributed by atoms with E-state index in [4.69, 9.17) is 6.42 Å². The third kappa shape index (κ3) is 14.1. The number of aliphatic hydroxyl groups is 2. The fourth-order valence-corrected chi connectivity index (χ4v) is 6.42. The van der Waals surface area contributed by atoms with Crippen molar-refractivity contribution >= 4 is 17.7 Å². The van der Waals surface area contributed by atoms with E-state index in [0.717, 1.165) is 55.4 Å². The van der Waals surface area contributed by atoms with Gasteiger partial charge in [0.2, 0.25) is 17.7 Å². The van der Waals surface area contributed by atoms with Gasteiger partial charge in [-0.15, -0.1) is 12.3 Å². The molecule has 0 aromatic heterocycles. The Morgan fingerprint density at radius 2 is 1.58 bits per heavy atom. The first kappa shape index (κ1) is 39.3. The second-order valence-corrected chi connectivity index (χ2v) is 13.8. The third-order valence-electron chi connectivity index (χ3n) is 9.48. The number of aliphatic hydroxyl groups excluding tert-OH is 2. The zero-order chi connectivity index (χ0) is 35.3. The van der Waals surface area contributed by atoms with Crippen LogP contribution in [-0.2, 0) is 20.8 Å². The highest BCUT2D eigenvalue weighted by molar-refractivity contribution is 5.91. The molecule has 1 aromatic rings. The van der Waals surface area contributed by atoms with Crippen molar-refractivity contribution in [3.05, 3.63) is 35.9 Å². The van der Waals surface area contributed by atoms with Crippen molar-refractivity contribution in [3.8, 4) is 12.3 Å². The summed E-state index contributed by atoms with van der Waals surface area (Å²) in [6, 6.07) is 7.19. The van der Waals surface area contributed by atoms with Crippen LogP contribution >= 0.6 is 0 Å². The fourth-order valence-electron chi connectivity index (χ4n) is 6.42. The second kappa shape index (κ2) is 19.2. The van der Waals surface area contributed by atoms with E-state index in [9.17, 15) is 37.8 Å². The number of carbonyl (C=O) groups is 3. The van der Waals surface area contributed by atoms with Crippen molar-refractivity contribution in [2.45, 2.75) is 108 Å². The van der Waals surface area contributed by atoms with Crippen LogP contribution in [0, 0.1) is 30.1 Å². The number of likely N-dealkylation sites (N-methyl/N-ethyl adjacent to an activating group) is 2. The lowest BCUT2D eigenvalue weighted by molar-refractivity contribution is -0.144. The summed E-state index contributed by atoms with van der Waals surface area (Å²) >= 11 is 0. The van der Waals surface area contributed by atoms with Crippen LogP contribution in [0.25, 0.3) is 0 Å². The predicted molar refractivity (Wildman–Crippen MR) is 177 cm³/mol. The monoisotopic (exact) mass is 678 g/mol. The molecule has 3 rings (SSSR count). The Morgan fingerprint density at radius 3 is 2.19 bits per heavy atom. The minimum absolute atomic E-state index is 0.00899. The summed E-state index contributed by atoms with van der Waals surface area (Å²) < 4.78 is 38.2. The maximum absolute atomic E-state index is 13.7. The lowest BCUT2D eigenvalue weighted by Gasteiger charge is -2.33. The van der Waals surface area contributed by atoms with Gasteiger partial charge in [0.1, 0.15) is 12.1 Å². The molecule has 4 N–H and O–H groups in total. The number of rotatable bonds is 19. The maximum Gasteiger partial charge on any atom is 0.401 e. The summed E-state index contributed by atoms with van der Waals surface area (Å²) in [5.41, 5.74) is 0.788. The molecule has 1 aromatic carbocycles. The normalized spacial score (nSPS) is 18.6. The number of benzene rings is 1. The molecular formula is C36H53F3N4O5. The molecule has 12 heteroatoms. The van der Waals surface area contributed by atoms with E-state index in [1.807, 2.05) is 18.2 Å². The van der Waals surface area contributed by atoms with E-state index >= 15 is 0 Å². The largest absolute Gasteiger partial charge is 0.401 e. The van der Waals surface area contributed by atoms with Crippen LogP contribution < -0.4 is 10.6 Å². The molecule has 2 fully saturated rings. The molecule has 48 heavy (non-hydrogen) atoms. The first-order valence-corrected chi connectivity index (χ1v) is 17.2. The molecule has 5 atom stereocenters. The number of terminal acetylenes is 1. The van der Waals surface area contributed by atoms with Gasteiger partial charge >= 0.3 is 6.18 Å². The van der Waals surface area contributed by atoms with Gasteiger partial charge in [0.15, 0.2) is 0 Å². The number of halogens is 3. The van der Waals surface area contributed by atoms with Crippen molar-refractivity contribution in [1.29, 1.82) is 0 Å². The van der Waals surface area contributed by atoms with Gasteiger partial charge in [-0.3, -0.25) is 19.3 Å². The molecule has 2 aliphatic rings. The Hall–Kier alpha value is -3.14. The first-order valence-electron chi connectivity index (χ1n) is 17.2. The zero-order valence-electron chi connectivity index (χ0n) is 28.3. The number of hydrogen-bond acceptors (Lipinski definition) is 6. The van der Waals surface area contributed by atoms with Crippen LogP contribution in [0.2, 0.25) is 0 Å². The molecule has 0 spiro atoms. The Kier molecular flexibility index (Phi) is 15.7. The molecule has 0 heterocycles. The van der Waals surface area contributed by atoms with Crippen LogP contribution in [0.3, 0.4) is 0 Å². The van der Waals surface area contributed by atoms with Crippen molar-refractivity contribution in [1.82, 2.24) is 20.4 Å². The summed E-state index contributed by atoms with van der Waals surface area (Å²) in [4.78, 5) is 43.0. The minimum atomic E-state index is -4.36. The average Bonchev–Trinajstić information content (AvgIpc) is 3.86. The van der Waals surface area contributed by atoms with Gasteiger partial charge in [-0.2, -0.15) is 13.2 Å². The van der Waals surface area contributed by atoms with Crippen LogP contribution in [0.5, 0.6) is 0 Å². The summed E-state index contributed by atoms with van der Waals surface area (Å²) in [5, 5.41) is 27.6. The molecule has 3 amide bonds. The van der Waals surface area contributed by atoms with Gasteiger partial charge in [-0.1, -0.05) is 75.3 Å². The summed E-state index contributed by atoms with van der Waals surface area (Å²) in [7, 11) is 2.80. The Morgan fingerprint density at radius 1 is 0.938 bits per heavy atom.